The zero-order valence-electron chi connectivity index (χ0n) is 19.4. The first-order chi connectivity index (χ1) is 16.5. The van der Waals surface area contributed by atoms with E-state index >= 15 is 0 Å². The van der Waals surface area contributed by atoms with Gasteiger partial charge in [-0.2, -0.15) is 0 Å². The molecule has 0 fully saturated rings. The Morgan fingerprint density at radius 1 is 1.09 bits per heavy atom. The molecule has 35 heavy (non-hydrogen) atoms. The van der Waals surface area contributed by atoms with Crippen molar-refractivity contribution in [3.05, 3.63) is 80.7 Å². The van der Waals surface area contributed by atoms with E-state index in [1.165, 1.54) is 7.11 Å². The van der Waals surface area contributed by atoms with Crippen LogP contribution in [0.25, 0.3) is 0 Å². The molecule has 1 amide bonds. The summed E-state index contributed by atoms with van der Waals surface area (Å²) in [7, 11) is 1.21. The van der Waals surface area contributed by atoms with E-state index in [9.17, 15) is 14.4 Å². The van der Waals surface area contributed by atoms with Gasteiger partial charge in [-0.25, -0.2) is 4.79 Å². The maximum atomic E-state index is 13.9. The molecule has 3 N–H and O–H groups in total. The molecule has 0 saturated heterocycles. The second kappa shape index (κ2) is 7.86. The average Bonchev–Trinajstić information content (AvgIpc) is 3.04. The van der Waals surface area contributed by atoms with Gasteiger partial charge in [0.25, 0.3) is 0 Å². The Morgan fingerprint density at radius 2 is 1.74 bits per heavy atom. The third kappa shape index (κ3) is 3.29. The van der Waals surface area contributed by atoms with Crippen LogP contribution in [0.15, 0.2) is 65.1 Å². The first-order valence-electron chi connectivity index (χ1n) is 11.0. The number of amides is 1. The molecule has 2 aromatic rings. The number of fused-ring (bicyclic) bond motifs is 3. The van der Waals surface area contributed by atoms with Crippen molar-refractivity contribution in [2.45, 2.75) is 32.1 Å². The zero-order chi connectivity index (χ0) is 25.3. The van der Waals surface area contributed by atoms with E-state index in [0.717, 1.165) is 0 Å². The number of carbonyl (C=O) groups is 3. The number of para-hydroxylation sites is 1. The highest BCUT2D eigenvalue weighted by Crippen LogP contribution is 2.57. The predicted octanol–water partition coefficient (Wildman–Crippen LogP) is 4.69. The number of nitrogens with zero attached hydrogens (tertiary/aromatic N) is 1. The number of benzene rings is 2. The summed E-state index contributed by atoms with van der Waals surface area (Å²) < 4.78 is 5.13. The van der Waals surface area contributed by atoms with Crippen molar-refractivity contribution < 1.29 is 19.1 Å². The molecule has 5 rings (SSSR count). The number of hydrogen-bond donors (Lipinski definition) is 2. The second-order valence-corrected chi connectivity index (χ2v) is 10.6. The fourth-order valence-corrected chi connectivity index (χ4v) is 6.07. The molecule has 0 aromatic heterocycles. The Bertz CT molecular complexity index is 1370. The molecule has 1 atom stereocenters. The Kier molecular flexibility index (Phi) is 5.27. The fraction of sp³-hybridized carbons (Fsp3) is 0.269. The van der Waals surface area contributed by atoms with E-state index in [1.807, 2.05) is 13.8 Å². The van der Waals surface area contributed by atoms with Crippen LogP contribution in [0.3, 0.4) is 0 Å². The lowest BCUT2D eigenvalue weighted by molar-refractivity contribution is -0.138. The number of nitrogens with one attached hydrogen (secondary N) is 1. The van der Waals surface area contributed by atoms with Crippen molar-refractivity contribution in [1.29, 1.82) is 0 Å². The summed E-state index contributed by atoms with van der Waals surface area (Å²) in [6, 6.07) is 11.9. The van der Waals surface area contributed by atoms with Crippen LogP contribution in [-0.4, -0.2) is 24.8 Å². The molecular formula is C26H23Cl2N3O4. The SMILES string of the molecule is COC(=O)C1=C(N)N(c2cc(Cl)cc(Cl)c2)C2=C(C(=O)CC(C)(C)C2)C12C(=O)Nc1ccccc12. The normalized spacial score (nSPS) is 22.8. The number of halogens is 2. The van der Waals surface area contributed by atoms with E-state index in [1.54, 1.807) is 47.4 Å². The van der Waals surface area contributed by atoms with Gasteiger partial charge in [0, 0.05) is 39.0 Å². The van der Waals surface area contributed by atoms with Gasteiger partial charge in [0.2, 0.25) is 5.91 Å². The van der Waals surface area contributed by atoms with Crippen LogP contribution in [0.5, 0.6) is 0 Å². The van der Waals surface area contributed by atoms with Gasteiger partial charge >= 0.3 is 5.97 Å². The molecule has 9 heteroatoms. The molecule has 2 heterocycles. The number of hydrogen-bond acceptors (Lipinski definition) is 6. The highest BCUT2D eigenvalue weighted by molar-refractivity contribution is 6.35. The summed E-state index contributed by atoms with van der Waals surface area (Å²) in [5.74, 6) is -1.59. The van der Waals surface area contributed by atoms with Gasteiger partial charge in [-0.05, 0) is 36.1 Å². The third-order valence-corrected chi connectivity index (χ3v) is 7.22. The summed E-state index contributed by atoms with van der Waals surface area (Å²) in [6.45, 7) is 3.95. The highest BCUT2D eigenvalue weighted by Gasteiger charge is 2.62. The molecule has 2 aromatic carbocycles. The summed E-state index contributed by atoms with van der Waals surface area (Å²) in [5, 5.41) is 3.56. The number of allylic oxidation sites excluding steroid dienone is 1. The Balaban J connectivity index is 1.94. The van der Waals surface area contributed by atoms with Crippen molar-refractivity contribution in [2.75, 3.05) is 17.3 Å². The standard InChI is InChI=1S/C26H23Cl2N3O4/c1-25(2)11-18-20(19(32)12-25)26(16-6-4-5-7-17(16)30-24(26)34)21(23(33)35-3)22(29)31(18)15-9-13(27)8-14(28)10-15/h4-10H,11-12,29H2,1-3H3,(H,30,34). The van der Waals surface area contributed by atoms with E-state index in [0.29, 0.717) is 39.1 Å². The second-order valence-electron chi connectivity index (χ2n) is 9.73. The van der Waals surface area contributed by atoms with Gasteiger partial charge in [-0.3, -0.25) is 14.5 Å². The number of ketones is 1. The lowest BCUT2D eigenvalue weighted by Gasteiger charge is -2.47. The molecule has 0 bridgehead atoms. The average molecular weight is 512 g/mol. The first kappa shape index (κ1) is 23.5. The molecule has 180 valence electrons. The minimum atomic E-state index is -1.74. The molecule has 1 aliphatic carbocycles. The first-order valence-corrected chi connectivity index (χ1v) is 11.8. The quantitative estimate of drug-likeness (QED) is 0.567. The van der Waals surface area contributed by atoms with Crippen molar-refractivity contribution in [1.82, 2.24) is 0 Å². The predicted molar refractivity (Wildman–Crippen MR) is 134 cm³/mol. The van der Waals surface area contributed by atoms with Gasteiger partial charge < -0.3 is 15.8 Å². The number of Topliss-reactive ketones (excluding diaryl/α,β-unsaturated/α-hetero) is 1. The van der Waals surface area contributed by atoms with E-state index in [2.05, 4.69) is 5.32 Å². The minimum absolute atomic E-state index is 0.0220. The number of ether oxygens (including phenoxy) is 1. The zero-order valence-corrected chi connectivity index (χ0v) is 20.9. The maximum absolute atomic E-state index is 13.9. The summed E-state index contributed by atoms with van der Waals surface area (Å²) >= 11 is 12.6. The smallest absolute Gasteiger partial charge is 0.339 e. The van der Waals surface area contributed by atoms with E-state index in [-0.39, 0.29) is 29.2 Å². The van der Waals surface area contributed by atoms with Crippen LogP contribution >= 0.6 is 23.2 Å². The van der Waals surface area contributed by atoms with Crippen molar-refractivity contribution in [2.24, 2.45) is 11.1 Å². The Labute approximate surface area is 212 Å². The van der Waals surface area contributed by atoms with Gasteiger partial charge in [-0.15, -0.1) is 0 Å². The fourth-order valence-electron chi connectivity index (χ4n) is 5.56. The number of esters is 1. The lowest BCUT2D eigenvalue weighted by atomic mass is 9.60. The maximum Gasteiger partial charge on any atom is 0.339 e. The van der Waals surface area contributed by atoms with Crippen LogP contribution in [0.4, 0.5) is 11.4 Å². The van der Waals surface area contributed by atoms with Crippen LogP contribution in [0.1, 0.15) is 32.3 Å². The Hall–Kier alpha value is -3.29. The number of nitrogens with two attached hydrogens (primary N) is 1. The van der Waals surface area contributed by atoms with E-state index < -0.39 is 22.7 Å². The molecule has 1 spiro atoms. The Morgan fingerprint density at radius 3 is 2.40 bits per heavy atom. The summed E-state index contributed by atoms with van der Waals surface area (Å²) in [6.07, 6.45) is 0.617. The van der Waals surface area contributed by atoms with Crippen LogP contribution in [0.2, 0.25) is 10.0 Å². The molecule has 1 unspecified atom stereocenters. The number of methoxy groups -OCH3 is 1. The van der Waals surface area contributed by atoms with Gasteiger partial charge in [0.1, 0.15) is 16.8 Å². The number of anilines is 2. The molecule has 0 saturated carbocycles. The van der Waals surface area contributed by atoms with E-state index in [4.69, 9.17) is 33.7 Å². The molecular weight excluding hydrogens is 489 g/mol. The molecule has 3 aliphatic rings. The topological polar surface area (TPSA) is 102 Å². The lowest BCUT2D eigenvalue weighted by Crippen LogP contribution is -2.54. The van der Waals surface area contributed by atoms with Crippen molar-refractivity contribution in [3.63, 3.8) is 0 Å². The highest BCUT2D eigenvalue weighted by atomic mass is 35.5. The number of carbonyl (C=O) groups excluding carboxylic acids is 3. The van der Waals surface area contributed by atoms with Crippen molar-refractivity contribution in [3.8, 4) is 0 Å². The third-order valence-electron chi connectivity index (χ3n) is 6.78. The molecule has 0 radical (unpaired) electrons. The summed E-state index contributed by atoms with van der Waals surface area (Å²) in [4.78, 5) is 42.7. The van der Waals surface area contributed by atoms with Crippen LogP contribution in [-0.2, 0) is 24.5 Å². The minimum Gasteiger partial charge on any atom is -0.466 e. The van der Waals surface area contributed by atoms with Crippen LogP contribution in [0, 0.1) is 5.41 Å². The monoisotopic (exact) mass is 511 g/mol. The van der Waals surface area contributed by atoms with Gasteiger partial charge in [0.15, 0.2) is 5.78 Å². The van der Waals surface area contributed by atoms with Gasteiger partial charge in [-0.1, -0.05) is 55.2 Å². The van der Waals surface area contributed by atoms with Gasteiger partial charge in [0.05, 0.1) is 12.8 Å². The number of rotatable bonds is 2. The molecule has 2 aliphatic heterocycles. The molecule has 7 nitrogen and oxygen atoms in total. The van der Waals surface area contributed by atoms with Crippen LogP contribution < -0.4 is 16.0 Å². The largest absolute Gasteiger partial charge is 0.466 e. The van der Waals surface area contributed by atoms with Crippen molar-refractivity contribution >= 4 is 52.2 Å². The summed E-state index contributed by atoms with van der Waals surface area (Å²) in [5.41, 5.74) is 6.67.